The summed E-state index contributed by atoms with van der Waals surface area (Å²) in [5.74, 6) is 0.659. The monoisotopic (exact) mass is 418 g/mol. The van der Waals surface area contributed by atoms with Crippen LogP contribution < -0.4 is 14.8 Å². The van der Waals surface area contributed by atoms with Gasteiger partial charge in [0.1, 0.15) is 0 Å². The molecule has 0 bridgehead atoms. The summed E-state index contributed by atoms with van der Waals surface area (Å²) in [7, 11) is -3.55. The van der Waals surface area contributed by atoms with E-state index < -0.39 is 10.0 Å². The van der Waals surface area contributed by atoms with Gasteiger partial charge < -0.3 is 14.8 Å². The molecule has 1 aliphatic rings. The molecular weight excluding hydrogens is 392 g/mol. The fourth-order valence-corrected chi connectivity index (χ4v) is 4.74. The number of amides is 1. The molecule has 0 aromatic heterocycles. The molecule has 2 aromatic rings. The number of hydrogen-bond donors (Lipinski definition) is 1. The number of carbonyl (C=O) groups is 1. The second-order valence-electron chi connectivity index (χ2n) is 6.71. The molecule has 1 aliphatic heterocycles. The number of hydrogen-bond acceptors (Lipinski definition) is 5. The van der Waals surface area contributed by atoms with Crippen molar-refractivity contribution in [3.05, 3.63) is 48.5 Å². The van der Waals surface area contributed by atoms with Crippen LogP contribution in [0.15, 0.2) is 53.4 Å². The van der Waals surface area contributed by atoms with Crippen LogP contribution in [0.1, 0.15) is 26.2 Å². The van der Waals surface area contributed by atoms with E-state index in [1.54, 1.807) is 36.4 Å². The summed E-state index contributed by atoms with van der Waals surface area (Å²) in [4.78, 5) is 12.5. The average Bonchev–Trinajstić information content (AvgIpc) is 2.74. The highest BCUT2D eigenvalue weighted by molar-refractivity contribution is 7.89. The van der Waals surface area contributed by atoms with E-state index in [1.807, 2.05) is 13.0 Å². The minimum Gasteiger partial charge on any atom is -0.490 e. The van der Waals surface area contributed by atoms with Crippen LogP contribution in [-0.2, 0) is 14.8 Å². The van der Waals surface area contributed by atoms with Crippen molar-refractivity contribution >= 4 is 21.6 Å². The first-order chi connectivity index (χ1) is 14.0. The van der Waals surface area contributed by atoms with Gasteiger partial charge in [0.25, 0.3) is 5.91 Å². The van der Waals surface area contributed by atoms with E-state index in [0.29, 0.717) is 36.9 Å². The first-order valence-electron chi connectivity index (χ1n) is 9.75. The lowest BCUT2D eigenvalue weighted by molar-refractivity contribution is -0.118. The van der Waals surface area contributed by atoms with Gasteiger partial charge in [-0.25, -0.2) is 8.42 Å². The second kappa shape index (κ2) is 9.76. The van der Waals surface area contributed by atoms with Crippen LogP contribution in [0.2, 0.25) is 0 Å². The Hall–Kier alpha value is -2.58. The Balaban J connectivity index is 1.63. The Kier molecular flexibility index (Phi) is 7.11. The lowest BCUT2D eigenvalue weighted by Crippen LogP contribution is -2.35. The lowest BCUT2D eigenvalue weighted by Gasteiger charge is -2.26. The molecule has 0 radical (unpaired) electrons. The first kappa shape index (κ1) is 21.1. The molecule has 1 saturated heterocycles. The van der Waals surface area contributed by atoms with E-state index >= 15 is 0 Å². The van der Waals surface area contributed by atoms with E-state index in [1.165, 1.54) is 10.4 Å². The number of piperidine rings is 1. The number of sulfonamides is 1. The number of nitrogens with one attached hydrogen (secondary N) is 1. The van der Waals surface area contributed by atoms with Gasteiger partial charge in [-0.1, -0.05) is 24.6 Å². The standard InChI is InChI=1S/C21H26N2O5S/c1-2-27-19-11-4-5-12-20(19)28-16-21(24)22-17-9-8-10-18(15-17)29(25,26)23-13-6-3-7-14-23/h4-5,8-12,15H,2-3,6-7,13-14,16H2,1H3,(H,22,24). The summed E-state index contributed by atoms with van der Waals surface area (Å²) >= 11 is 0. The summed E-state index contributed by atoms with van der Waals surface area (Å²) in [5.41, 5.74) is 0.412. The maximum Gasteiger partial charge on any atom is 0.262 e. The zero-order chi connectivity index (χ0) is 20.7. The molecule has 3 rings (SSSR count). The molecule has 0 atom stereocenters. The molecule has 7 nitrogen and oxygen atoms in total. The van der Waals surface area contributed by atoms with Crippen molar-refractivity contribution in [3.63, 3.8) is 0 Å². The SMILES string of the molecule is CCOc1ccccc1OCC(=O)Nc1cccc(S(=O)(=O)N2CCCCC2)c1. The fraction of sp³-hybridized carbons (Fsp3) is 0.381. The van der Waals surface area contributed by atoms with Gasteiger partial charge in [-0.3, -0.25) is 4.79 Å². The molecule has 156 valence electrons. The number of para-hydroxylation sites is 2. The van der Waals surface area contributed by atoms with Crippen molar-refractivity contribution < 1.29 is 22.7 Å². The number of nitrogens with zero attached hydrogens (tertiary/aromatic N) is 1. The highest BCUT2D eigenvalue weighted by atomic mass is 32.2. The molecule has 0 spiro atoms. The van der Waals surface area contributed by atoms with Gasteiger partial charge in [-0.05, 0) is 50.1 Å². The van der Waals surface area contributed by atoms with Gasteiger partial charge in [-0.15, -0.1) is 0 Å². The Morgan fingerprint density at radius 1 is 1.00 bits per heavy atom. The van der Waals surface area contributed by atoms with Crippen molar-refractivity contribution in [1.29, 1.82) is 0 Å². The van der Waals surface area contributed by atoms with Crippen molar-refractivity contribution in [2.45, 2.75) is 31.1 Å². The molecule has 1 fully saturated rings. The third kappa shape index (κ3) is 5.48. The van der Waals surface area contributed by atoms with Crippen LogP contribution >= 0.6 is 0 Å². The summed E-state index contributed by atoms with van der Waals surface area (Å²) in [6.07, 6.45) is 2.79. The molecule has 1 amide bonds. The second-order valence-corrected chi connectivity index (χ2v) is 8.65. The summed E-state index contributed by atoms with van der Waals surface area (Å²) in [6.45, 7) is 3.21. The van der Waals surface area contributed by atoms with Gasteiger partial charge in [0, 0.05) is 18.8 Å². The van der Waals surface area contributed by atoms with Gasteiger partial charge in [0.15, 0.2) is 18.1 Å². The lowest BCUT2D eigenvalue weighted by atomic mass is 10.2. The minimum atomic E-state index is -3.55. The maximum absolute atomic E-state index is 12.8. The van der Waals surface area contributed by atoms with Gasteiger partial charge in [0.2, 0.25) is 10.0 Å². The number of rotatable bonds is 8. The quantitative estimate of drug-likeness (QED) is 0.711. The Morgan fingerprint density at radius 2 is 1.69 bits per heavy atom. The zero-order valence-corrected chi connectivity index (χ0v) is 17.3. The van der Waals surface area contributed by atoms with Crippen LogP contribution in [0.4, 0.5) is 5.69 Å². The van der Waals surface area contributed by atoms with E-state index in [0.717, 1.165) is 19.3 Å². The van der Waals surface area contributed by atoms with E-state index in [2.05, 4.69) is 5.32 Å². The number of carbonyl (C=O) groups excluding carboxylic acids is 1. The Morgan fingerprint density at radius 3 is 2.38 bits per heavy atom. The Labute approximate surface area is 171 Å². The van der Waals surface area contributed by atoms with Crippen molar-refractivity contribution in [3.8, 4) is 11.5 Å². The largest absolute Gasteiger partial charge is 0.490 e. The summed E-state index contributed by atoms with van der Waals surface area (Å²) in [6, 6.07) is 13.4. The summed E-state index contributed by atoms with van der Waals surface area (Å²) in [5, 5.41) is 2.69. The number of benzene rings is 2. The summed E-state index contributed by atoms with van der Waals surface area (Å²) < 4.78 is 38.1. The van der Waals surface area contributed by atoms with Crippen LogP contribution in [-0.4, -0.2) is 44.9 Å². The topological polar surface area (TPSA) is 84.9 Å². The number of anilines is 1. The maximum atomic E-state index is 12.8. The first-order valence-corrected chi connectivity index (χ1v) is 11.2. The molecule has 8 heteroatoms. The zero-order valence-electron chi connectivity index (χ0n) is 16.5. The van der Waals surface area contributed by atoms with Crippen LogP contribution in [0, 0.1) is 0 Å². The molecule has 0 saturated carbocycles. The molecule has 1 heterocycles. The van der Waals surface area contributed by atoms with Crippen LogP contribution in [0.3, 0.4) is 0 Å². The normalized spacial score (nSPS) is 14.9. The molecular formula is C21H26N2O5S. The molecule has 2 aromatic carbocycles. The predicted molar refractivity (Wildman–Crippen MR) is 111 cm³/mol. The van der Waals surface area contributed by atoms with Crippen molar-refractivity contribution in [1.82, 2.24) is 4.31 Å². The molecule has 0 unspecified atom stereocenters. The van der Waals surface area contributed by atoms with Gasteiger partial charge in [0.05, 0.1) is 11.5 Å². The fourth-order valence-electron chi connectivity index (χ4n) is 3.17. The number of ether oxygens (including phenoxy) is 2. The average molecular weight is 419 g/mol. The van der Waals surface area contributed by atoms with Gasteiger partial charge >= 0.3 is 0 Å². The highest BCUT2D eigenvalue weighted by Crippen LogP contribution is 2.26. The van der Waals surface area contributed by atoms with Gasteiger partial charge in [-0.2, -0.15) is 4.31 Å². The van der Waals surface area contributed by atoms with E-state index in [4.69, 9.17) is 9.47 Å². The minimum absolute atomic E-state index is 0.180. The third-order valence-electron chi connectivity index (χ3n) is 4.58. The Bertz CT molecular complexity index is 940. The molecule has 1 N–H and O–H groups in total. The van der Waals surface area contributed by atoms with E-state index in [-0.39, 0.29) is 17.4 Å². The third-order valence-corrected chi connectivity index (χ3v) is 6.47. The van der Waals surface area contributed by atoms with Crippen molar-refractivity contribution in [2.75, 3.05) is 31.6 Å². The van der Waals surface area contributed by atoms with Crippen LogP contribution in [0.25, 0.3) is 0 Å². The highest BCUT2D eigenvalue weighted by Gasteiger charge is 2.26. The molecule has 29 heavy (non-hydrogen) atoms. The smallest absolute Gasteiger partial charge is 0.262 e. The van der Waals surface area contributed by atoms with E-state index in [9.17, 15) is 13.2 Å². The molecule has 0 aliphatic carbocycles. The van der Waals surface area contributed by atoms with Crippen molar-refractivity contribution in [2.24, 2.45) is 0 Å². The van der Waals surface area contributed by atoms with Crippen LogP contribution in [0.5, 0.6) is 11.5 Å². The predicted octanol–water partition coefficient (Wildman–Crippen LogP) is 3.28.